The minimum absolute atomic E-state index is 0.0412. The van der Waals surface area contributed by atoms with Gasteiger partial charge < -0.3 is 10.6 Å². The van der Waals surface area contributed by atoms with Crippen LogP contribution in [0.5, 0.6) is 0 Å². The Morgan fingerprint density at radius 2 is 1.95 bits per heavy atom. The molecule has 112 valence electrons. The molecule has 0 heterocycles. The average Bonchev–Trinajstić information content (AvgIpc) is 2.50. The van der Waals surface area contributed by atoms with Gasteiger partial charge in [-0.25, -0.2) is 4.39 Å². The predicted molar refractivity (Wildman–Crippen MR) is 83.5 cm³/mol. The summed E-state index contributed by atoms with van der Waals surface area (Å²) in [7, 11) is 0. The molecule has 0 spiro atoms. The molecule has 2 unspecified atom stereocenters. The number of rotatable bonds is 5. The van der Waals surface area contributed by atoms with Gasteiger partial charge >= 0.3 is 0 Å². The molecule has 1 aliphatic carbocycles. The van der Waals surface area contributed by atoms with E-state index in [0.29, 0.717) is 12.5 Å². The van der Waals surface area contributed by atoms with Crippen molar-refractivity contribution in [3.8, 4) is 0 Å². The van der Waals surface area contributed by atoms with Crippen LogP contribution in [0.1, 0.15) is 46.0 Å². The number of likely N-dealkylation sites (N-methyl/N-ethyl adjacent to an activating group) is 1. The van der Waals surface area contributed by atoms with Crippen LogP contribution in [0.3, 0.4) is 0 Å². The third kappa shape index (κ3) is 2.69. The van der Waals surface area contributed by atoms with Crippen LogP contribution in [0.15, 0.2) is 24.3 Å². The summed E-state index contributed by atoms with van der Waals surface area (Å²) >= 11 is 0. The fourth-order valence-corrected chi connectivity index (χ4v) is 3.99. The first kappa shape index (κ1) is 15.3. The van der Waals surface area contributed by atoms with Gasteiger partial charge in [-0.1, -0.05) is 26.2 Å². The number of anilines is 1. The topological polar surface area (TPSA) is 29.3 Å². The Kier molecular flexibility index (Phi) is 5.03. The zero-order valence-electron chi connectivity index (χ0n) is 12.7. The molecule has 2 N–H and O–H groups in total. The van der Waals surface area contributed by atoms with E-state index in [9.17, 15) is 4.39 Å². The molecular formula is C17H27FN2. The fourth-order valence-electron chi connectivity index (χ4n) is 3.99. The Hall–Kier alpha value is -1.09. The monoisotopic (exact) mass is 278 g/mol. The predicted octanol–water partition coefficient (Wildman–Crippen LogP) is 3.95. The Labute approximate surface area is 122 Å². The van der Waals surface area contributed by atoms with Crippen molar-refractivity contribution in [2.45, 2.75) is 51.5 Å². The molecule has 2 nitrogen and oxygen atoms in total. The highest BCUT2D eigenvalue weighted by Crippen LogP contribution is 2.41. The van der Waals surface area contributed by atoms with Crippen molar-refractivity contribution in [2.75, 3.05) is 18.0 Å². The highest BCUT2D eigenvalue weighted by Gasteiger charge is 2.43. The molecule has 0 bridgehead atoms. The maximum Gasteiger partial charge on any atom is 0.123 e. The zero-order valence-corrected chi connectivity index (χ0v) is 12.7. The van der Waals surface area contributed by atoms with Crippen LogP contribution in [0.2, 0.25) is 0 Å². The molecule has 20 heavy (non-hydrogen) atoms. The summed E-state index contributed by atoms with van der Waals surface area (Å²) in [5.74, 6) is 0.452. The average molecular weight is 278 g/mol. The van der Waals surface area contributed by atoms with E-state index in [4.69, 9.17) is 5.73 Å². The van der Waals surface area contributed by atoms with Gasteiger partial charge in [0, 0.05) is 18.8 Å². The van der Waals surface area contributed by atoms with Crippen LogP contribution < -0.4 is 10.6 Å². The van der Waals surface area contributed by atoms with E-state index < -0.39 is 0 Å². The second-order valence-electron chi connectivity index (χ2n) is 5.88. The Bertz CT molecular complexity index is 418. The molecule has 2 rings (SSSR count). The normalized spacial score (nSPS) is 26.5. The largest absolute Gasteiger partial charge is 0.365 e. The number of nitrogens with two attached hydrogens (primary N) is 1. The van der Waals surface area contributed by atoms with E-state index in [1.54, 1.807) is 12.1 Å². The minimum Gasteiger partial charge on any atom is -0.365 e. The van der Waals surface area contributed by atoms with Gasteiger partial charge in [0.25, 0.3) is 0 Å². The third-order valence-electron chi connectivity index (χ3n) is 5.01. The summed E-state index contributed by atoms with van der Waals surface area (Å²) in [5.41, 5.74) is 7.37. The minimum atomic E-state index is -0.178. The number of hydrogen-bond donors (Lipinski definition) is 1. The van der Waals surface area contributed by atoms with Crippen LogP contribution in [-0.4, -0.2) is 18.6 Å². The molecule has 1 saturated carbocycles. The smallest absolute Gasteiger partial charge is 0.123 e. The number of hydrogen-bond acceptors (Lipinski definition) is 2. The van der Waals surface area contributed by atoms with Crippen molar-refractivity contribution in [3.63, 3.8) is 0 Å². The molecule has 1 fully saturated rings. The van der Waals surface area contributed by atoms with E-state index in [1.165, 1.54) is 19.3 Å². The maximum absolute atomic E-state index is 13.2. The van der Waals surface area contributed by atoms with E-state index in [-0.39, 0.29) is 11.4 Å². The molecule has 0 aliphatic heterocycles. The van der Waals surface area contributed by atoms with E-state index >= 15 is 0 Å². The van der Waals surface area contributed by atoms with Crippen LogP contribution >= 0.6 is 0 Å². The van der Waals surface area contributed by atoms with Gasteiger partial charge in [0.05, 0.1) is 5.54 Å². The summed E-state index contributed by atoms with van der Waals surface area (Å²) in [5, 5.41) is 0. The standard InChI is InChI=1S/C17H27FN2/c1-3-14-7-5-6-12-17(14,13-19)20(4-2)16-10-8-15(18)9-11-16/h8-11,14H,3-7,12-13,19H2,1-2H3. The van der Waals surface area contributed by atoms with Crippen molar-refractivity contribution in [1.29, 1.82) is 0 Å². The SMILES string of the molecule is CCC1CCCCC1(CN)N(CC)c1ccc(F)cc1. The number of nitrogens with zero attached hydrogens (tertiary/aromatic N) is 1. The second-order valence-corrected chi connectivity index (χ2v) is 5.88. The molecule has 1 aliphatic rings. The molecule has 2 atom stereocenters. The van der Waals surface area contributed by atoms with Crippen LogP contribution in [0.4, 0.5) is 10.1 Å². The second kappa shape index (κ2) is 6.57. The Morgan fingerprint density at radius 1 is 1.25 bits per heavy atom. The Morgan fingerprint density at radius 3 is 2.50 bits per heavy atom. The van der Waals surface area contributed by atoms with Gasteiger partial charge in [-0.15, -0.1) is 0 Å². The van der Waals surface area contributed by atoms with Crippen molar-refractivity contribution < 1.29 is 4.39 Å². The van der Waals surface area contributed by atoms with Gasteiger partial charge in [-0.05, 0) is 49.9 Å². The highest BCUT2D eigenvalue weighted by molar-refractivity contribution is 5.50. The van der Waals surface area contributed by atoms with E-state index in [2.05, 4.69) is 18.7 Å². The molecule has 1 aromatic carbocycles. The first-order valence-electron chi connectivity index (χ1n) is 7.91. The van der Waals surface area contributed by atoms with E-state index in [0.717, 1.165) is 25.1 Å². The zero-order chi connectivity index (χ0) is 14.6. The Balaban J connectivity index is 2.37. The van der Waals surface area contributed by atoms with Crippen molar-refractivity contribution in [3.05, 3.63) is 30.1 Å². The lowest BCUT2D eigenvalue weighted by Gasteiger charge is -2.52. The molecule has 3 heteroatoms. The van der Waals surface area contributed by atoms with Crippen LogP contribution in [-0.2, 0) is 0 Å². The van der Waals surface area contributed by atoms with Gasteiger partial charge in [0.15, 0.2) is 0 Å². The molecule has 0 radical (unpaired) electrons. The van der Waals surface area contributed by atoms with Crippen LogP contribution in [0, 0.1) is 11.7 Å². The molecule has 0 amide bonds. The number of halogens is 1. The molecule has 0 aromatic heterocycles. The van der Waals surface area contributed by atoms with Crippen LogP contribution in [0.25, 0.3) is 0 Å². The van der Waals surface area contributed by atoms with E-state index in [1.807, 2.05) is 12.1 Å². The van der Waals surface area contributed by atoms with Crippen molar-refractivity contribution in [2.24, 2.45) is 11.7 Å². The first-order chi connectivity index (χ1) is 9.67. The quantitative estimate of drug-likeness (QED) is 0.883. The summed E-state index contributed by atoms with van der Waals surface area (Å²) in [4.78, 5) is 2.42. The fraction of sp³-hybridized carbons (Fsp3) is 0.647. The van der Waals surface area contributed by atoms with Crippen molar-refractivity contribution >= 4 is 5.69 Å². The molecular weight excluding hydrogens is 251 g/mol. The summed E-state index contributed by atoms with van der Waals surface area (Å²) in [6.07, 6.45) is 6.11. The molecule has 0 saturated heterocycles. The highest BCUT2D eigenvalue weighted by atomic mass is 19.1. The third-order valence-corrected chi connectivity index (χ3v) is 5.01. The van der Waals surface area contributed by atoms with Gasteiger partial charge in [0.2, 0.25) is 0 Å². The molecule has 1 aromatic rings. The summed E-state index contributed by atoms with van der Waals surface area (Å²) in [6.45, 7) is 6.02. The lowest BCUT2D eigenvalue weighted by molar-refractivity contribution is 0.177. The lowest BCUT2D eigenvalue weighted by Crippen LogP contribution is -2.60. The summed E-state index contributed by atoms with van der Waals surface area (Å²) in [6, 6.07) is 6.87. The summed E-state index contributed by atoms with van der Waals surface area (Å²) < 4.78 is 13.2. The van der Waals surface area contributed by atoms with Gasteiger partial charge in [0.1, 0.15) is 5.82 Å². The first-order valence-corrected chi connectivity index (χ1v) is 7.91. The number of benzene rings is 1. The lowest BCUT2D eigenvalue weighted by atomic mass is 9.70. The van der Waals surface area contributed by atoms with Gasteiger partial charge in [-0.3, -0.25) is 0 Å². The maximum atomic E-state index is 13.2. The van der Waals surface area contributed by atoms with Crippen molar-refractivity contribution in [1.82, 2.24) is 0 Å². The van der Waals surface area contributed by atoms with Gasteiger partial charge in [-0.2, -0.15) is 0 Å².